The SMILES string of the molecule is CCCc1cc(O)c2c(c1)OC(C)(C)C1CC=C(C(=O)O)CC21. The molecule has 0 fully saturated rings. The topological polar surface area (TPSA) is 66.8 Å². The molecule has 2 atom stereocenters. The summed E-state index contributed by atoms with van der Waals surface area (Å²) in [6.45, 7) is 6.20. The number of carboxylic acid groups (broad SMARTS) is 1. The highest BCUT2D eigenvalue weighted by atomic mass is 16.5. The van der Waals surface area contributed by atoms with E-state index in [1.54, 1.807) is 6.07 Å². The zero-order valence-electron chi connectivity index (χ0n) is 13.9. The minimum absolute atomic E-state index is 0.0134. The molecular formula is C19H24O4. The first kappa shape index (κ1) is 15.9. The summed E-state index contributed by atoms with van der Waals surface area (Å²) in [7, 11) is 0. The Morgan fingerprint density at radius 2 is 2.13 bits per heavy atom. The molecule has 124 valence electrons. The van der Waals surface area contributed by atoms with Crippen molar-refractivity contribution in [1.82, 2.24) is 0 Å². The lowest BCUT2D eigenvalue weighted by Gasteiger charge is -2.46. The number of aryl methyl sites for hydroxylation is 1. The molecule has 2 unspecified atom stereocenters. The smallest absolute Gasteiger partial charge is 0.331 e. The molecule has 1 aliphatic carbocycles. The van der Waals surface area contributed by atoms with Crippen molar-refractivity contribution in [2.24, 2.45) is 5.92 Å². The average molecular weight is 316 g/mol. The fraction of sp³-hybridized carbons (Fsp3) is 0.526. The molecule has 1 aliphatic heterocycles. The van der Waals surface area contributed by atoms with Gasteiger partial charge in [-0.25, -0.2) is 4.79 Å². The van der Waals surface area contributed by atoms with Crippen LogP contribution in [0, 0.1) is 5.92 Å². The number of aromatic hydroxyl groups is 1. The standard InChI is InChI=1S/C19H24O4/c1-4-5-11-8-15(20)17-13-10-12(18(21)22)6-7-14(13)19(2,3)23-16(17)9-11/h6,8-9,13-14,20H,4-5,7,10H2,1-3H3,(H,21,22). The summed E-state index contributed by atoms with van der Waals surface area (Å²) in [4.78, 5) is 11.4. The van der Waals surface area contributed by atoms with Crippen LogP contribution in [0.2, 0.25) is 0 Å². The molecule has 4 nitrogen and oxygen atoms in total. The van der Waals surface area contributed by atoms with Gasteiger partial charge in [0.2, 0.25) is 0 Å². The Bertz CT molecular complexity index is 672. The van der Waals surface area contributed by atoms with Crippen LogP contribution in [0.3, 0.4) is 0 Å². The van der Waals surface area contributed by atoms with Crippen LogP contribution in [0.1, 0.15) is 57.1 Å². The van der Waals surface area contributed by atoms with Crippen molar-refractivity contribution in [2.45, 2.75) is 58.0 Å². The maximum absolute atomic E-state index is 11.4. The Balaban J connectivity index is 2.08. The van der Waals surface area contributed by atoms with Crippen LogP contribution < -0.4 is 4.74 Å². The molecule has 0 bridgehead atoms. The van der Waals surface area contributed by atoms with Gasteiger partial charge in [0.15, 0.2) is 0 Å². The number of aliphatic carboxylic acids is 1. The Labute approximate surface area is 136 Å². The van der Waals surface area contributed by atoms with Gasteiger partial charge in [-0.2, -0.15) is 0 Å². The molecule has 3 rings (SSSR count). The van der Waals surface area contributed by atoms with Crippen molar-refractivity contribution < 1.29 is 19.7 Å². The van der Waals surface area contributed by atoms with Crippen LogP contribution in [0.5, 0.6) is 11.5 Å². The molecule has 4 heteroatoms. The summed E-state index contributed by atoms with van der Waals surface area (Å²) in [6.07, 6.45) is 4.80. The third-order valence-electron chi connectivity index (χ3n) is 5.17. The molecule has 1 aromatic carbocycles. The number of benzene rings is 1. The van der Waals surface area contributed by atoms with Crippen molar-refractivity contribution >= 4 is 5.97 Å². The lowest BCUT2D eigenvalue weighted by atomic mass is 9.67. The molecule has 0 saturated carbocycles. The van der Waals surface area contributed by atoms with E-state index in [0.717, 1.165) is 24.0 Å². The average Bonchev–Trinajstić information content (AvgIpc) is 2.45. The van der Waals surface area contributed by atoms with Crippen molar-refractivity contribution in [3.8, 4) is 11.5 Å². The number of fused-ring (bicyclic) bond motifs is 3. The summed E-state index contributed by atoms with van der Waals surface area (Å²) in [6, 6.07) is 3.81. The molecule has 23 heavy (non-hydrogen) atoms. The van der Waals surface area contributed by atoms with Crippen LogP contribution >= 0.6 is 0 Å². The van der Waals surface area contributed by atoms with E-state index in [1.165, 1.54) is 0 Å². The number of phenols is 1. The quantitative estimate of drug-likeness (QED) is 0.884. The minimum Gasteiger partial charge on any atom is -0.508 e. The lowest BCUT2D eigenvalue weighted by Crippen LogP contribution is -2.45. The molecule has 0 aromatic heterocycles. The zero-order chi connectivity index (χ0) is 16.8. The first-order chi connectivity index (χ1) is 10.8. The van der Waals surface area contributed by atoms with E-state index in [1.807, 2.05) is 12.1 Å². The second-order valence-corrected chi connectivity index (χ2v) is 7.17. The largest absolute Gasteiger partial charge is 0.508 e. The number of allylic oxidation sites excluding steroid dienone is 1. The Kier molecular flexibility index (Phi) is 3.86. The number of ether oxygens (including phenoxy) is 1. The van der Waals surface area contributed by atoms with Crippen LogP contribution in [0.25, 0.3) is 0 Å². The van der Waals surface area contributed by atoms with E-state index in [9.17, 15) is 15.0 Å². The normalized spacial score (nSPS) is 24.9. The maximum atomic E-state index is 11.4. The third kappa shape index (κ3) is 2.71. The number of carbonyl (C=O) groups is 1. The van der Waals surface area contributed by atoms with E-state index in [2.05, 4.69) is 20.8 Å². The highest BCUT2D eigenvalue weighted by molar-refractivity contribution is 5.87. The van der Waals surface area contributed by atoms with Gasteiger partial charge in [-0.1, -0.05) is 19.4 Å². The first-order valence-corrected chi connectivity index (χ1v) is 8.30. The summed E-state index contributed by atoms with van der Waals surface area (Å²) in [5.74, 6) is 0.243. The molecule has 0 amide bonds. The minimum atomic E-state index is -0.864. The van der Waals surface area contributed by atoms with Crippen molar-refractivity contribution in [3.63, 3.8) is 0 Å². The zero-order valence-corrected chi connectivity index (χ0v) is 13.9. The number of rotatable bonds is 3. The predicted octanol–water partition coefficient (Wildman–Crippen LogP) is 4.02. The molecule has 0 radical (unpaired) electrons. The predicted molar refractivity (Wildman–Crippen MR) is 88.0 cm³/mol. The Morgan fingerprint density at radius 3 is 2.78 bits per heavy atom. The van der Waals surface area contributed by atoms with Gasteiger partial charge in [-0.15, -0.1) is 0 Å². The number of carboxylic acids is 1. The maximum Gasteiger partial charge on any atom is 0.331 e. The molecule has 2 N–H and O–H groups in total. The van der Waals surface area contributed by atoms with E-state index >= 15 is 0 Å². The van der Waals surface area contributed by atoms with Crippen LogP contribution in [0.4, 0.5) is 0 Å². The molecule has 0 spiro atoms. The van der Waals surface area contributed by atoms with Gasteiger partial charge in [0.05, 0.1) is 0 Å². The van der Waals surface area contributed by atoms with Crippen LogP contribution in [-0.4, -0.2) is 21.8 Å². The van der Waals surface area contributed by atoms with Gasteiger partial charge in [0.1, 0.15) is 17.1 Å². The van der Waals surface area contributed by atoms with Gasteiger partial charge in [-0.05, 0) is 50.8 Å². The summed E-state index contributed by atoms with van der Waals surface area (Å²) in [5, 5.41) is 19.9. The highest BCUT2D eigenvalue weighted by Gasteiger charge is 2.46. The summed E-state index contributed by atoms with van der Waals surface area (Å²) in [5.41, 5.74) is 1.89. The first-order valence-electron chi connectivity index (χ1n) is 8.30. The fourth-order valence-corrected chi connectivity index (χ4v) is 4.06. The fourth-order valence-electron chi connectivity index (χ4n) is 4.06. The number of hydrogen-bond acceptors (Lipinski definition) is 3. The number of hydrogen-bond donors (Lipinski definition) is 2. The van der Waals surface area contributed by atoms with Gasteiger partial charge in [0.25, 0.3) is 0 Å². The van der Waals surface area contributed by atoms with Gasteiger partial charge in [0, 0.05) is 23.0 Å². The van der Waals surface area contributed by atoms with E-state index in [0.29, 0.717) is 24.2 Å². The van der Waals surface area contributed by atoms with E-state index in [-0.39, 0.29) is 23.2 Å². The summed E-state index contributed by atoms with van der Waals surface area (Å²) >= 11 is 0. The highest BCUT2D eigenvalue weighted by Crippen LogP contribution is 2.54. The van der Waals surface area contributed by atoms with Gasteiger partial charge >= 0.3 is 5.97 Å². The van der Waals surface area contributed by atoms with E-state index in [4.69, 9.17) is 4.74 Å². The van der Waals surface area contributed by atoms with Crippen molar-refractivity contribution in [2.75, 3.05) is 0 Å². The Hall–Kier alpha value is -1.97. The Morgan fingerprint density at radius 1 is 1.39 bits per heavy atom. The molecule has 1 heterocycles. The molecule has 0 saturated heterocycles. The van der Waals surface area contributed by atoms with Crippen LogP contribution in [-0.2, 0) is 11.2 Å². The van der Waals surface area contributed by atoms with Crippen molar-refractivity contribution in [1.29, 1.82) is 0 Å². The van der Waals surface area contributed by atoms with Gasteiger partial charge < -0.3 is 14.9 Å². The second kappa shape index (κ2) is 5.59. The van der Waals surface area contributed by atoms with Crippen molar-refractivity contribution in [3.05, 3.63) is 34.9 Å². The molecule has 2 aliphatic rings. The lowest BCUT2D eigenvalue weighted by molar-refractivity contribution is -0.133. The van der Waals surface area contributed by atoms with Gasteiger partial charge in [-0.3, -0.25) is 0 Å². The molecular weight excluding hydrogens is 292 g/mol. The third-order valence-corrected chi connectivity index (χ3v) is 5.17. The second-order valence-electron chi connectivity index (χ2n) is 7.17. The number of phenolic OH excluding ortho intramolecular Hbond substituents is 1. The molecule has 1 aromatic rings. The van der Waals surface area contributed by atoms with Crippen LogP contribution in [0.15, 0.2) is 23.8 Å². The monoisotopic (exact) mass is 316 g/mol. The van der Waals surface area contributed by atoms with E-state index < -0.39 is 5.97 Å². The summed E-state index contributed by atoms with van der Waals surface area (Å²) < 4.78 is 6.22.